The van der Waals surface area contributed by atoms with Crippen molar-refractivity contribution < 1.29 is 9.94 Å². The number of hydrogen-bond donors (Lipinski definition) is 1. The van der Waals surface area contributed by atoms with Crippen LogP contribution in [-0.2, 0) is 11.3 Å². The third kappa shape index (κ3) is 6.21. The average molecular weight is 401 g/mol. The van der Waals surface area contributed by atoms with Crippen molar-refractivity contribution in [2.45, 2.75) is 12.5 Å². The molecule has 0 aromatic heterocycles. The number of likely N-dealkylation sites (N-methyl/N-ethyl adjacent to an activating group) is 1. The number of aliphatic hydroxyl groups excluding tert-OH is 1. The van der Waals surface area contributed by atoms with Gasteiger partial charge in [-0.25, -0.2) is 13.2 Å². The van der Waals surface area contributed by atoms with Crippen molar-refractivity contribution in [2.75, 3.05) is 19.7 Å². The van der Waals surface area contributed by atoms with Crippen molar-refractivity contribution in [3.8, 4) is 0 Å². The Morgan fingerprint density at radius 1 is 1.47 bits per heavy atom. The first-order chi connectivity index (χ1) is 9.19. The monoisotopic (exact) mass is 400 g/mol. The van der Waals surface area contributed by atoms with Crippen LogP contribution in [0.4, 0.5) is 0 Å². The van der Waals surface area contributed by atoms with Gasteiger partial charge in [-0.2, -0.15) is 0 Å². The van der Waals surface area contributed by atoms with Crippen molar-refractivity contribution in [1.29, 1.82) is 0 Å². The van der Waals surface area contributed by atoms with Crippen molar-refractivity contribution in [3.05, 3.63) is 41.1 Å². The molecule has 0 radical (unpaired) electrons. The van der Waals surface area contributed by atoms with Crippen LogP contribution >= 0.6 is 32.9 Å². The summed E-state index contributed by atoms with van der Waals surface area (Å²) in [6, 6.07) is 9.35. The summed E-state index contributed by atoms with van der Waals surface area (Å²) < 4.78 is 4.33. The smallest absolute Gasteiger partial charge is 0.151 e. The van der Waals surface area contributed by atoms with Crippen molar-refractivity contribution >= 4 is 32.9 Å². The molecule has 8 heteroatoms. The third-order valence-corrected chi connectivity index (χ3v) is 4.10. The summed E-state index contributed by atoms with van der Waals surface area (Å²) in [5.41, 5.74) is 1.06. The highest BCUT2D eigenvalue weighted by atomic mass is 127. The summed E-state index contributed by atoms with van der Waals surface area (Å²) in [4.78, 5) is 4.59. The number of halogens is 2. The summed E-state index contributed by atoms with van der Waals surface area (Å²) in [6.45, 7) is -0.107. The van der Waals surface area contributed by atoms with Gasteiger partial charge in [-0.15, -0.1) is 0 Å². The van der Waals surface area contributed by atoms with E-state index >= 15 is 0 Å². The Kier molecular flexibility index (Phi) is 8.62. The minimum atomic E-state index is -1.19. The lowest BCUT2D eigenvalue weighted by Crippen LogP contribution is -2.41. The molecular formula is C11H16ClIN3O3-. The number of aliphatic hydroxyl groups is 1. The first kappa shape index (κ1) is 16.9. The maximum Gasteiger partial charge on any atom is 0.151 e. The molecule has 0 aliphatic rings. The molecule has 1 rings (SSSR count). The van der Waals surface area contributed by atoms with Crippen LogP contribution in [0.15, 0.2) is 33.6 Å². The summed E-state index contributed by atoms with van der Waals surface area (Å²) in [5.74, 6) is 0. The minimum absolute atomic E-state index is 0.0648. The second-order valence-corrected chi connectivity index (χ2v) is 5.58. The topological polar surface area (TPSA) is 71.4 Å². The summed E-state index contributed by atoms with van der Waals surface area (Å²) in [5, 5.41) is 22.6. The zero-order valence-corrected chi connectivity index (χ0v) is 13.4. The second-order valence-electron chi connectivity index (χ2n) is 3.71. The fraction of sp³-hybridized carbons (Fsp3) is 0.455. The SMILES string of the molecule is CN([C@H](CO)Cc1ccccc1)N([O-])I=NOCCl. The number of nitrogens with zero attached hydrogens (tertiary/aromatic N) is 3. The van der Waals surface area contributed by atoms with E-state index in [9.17, 15) is 10.3 Å². The Labute approximate surface area is 127 Å². The van der Waals surface area contributed by atoms with E-state index in [1.807, 2.05) is 30.3 Å². The second kappa shape index (κ2) is 9.70. The van der Waals surface area contributed by atoms with Crippen LogP contribution < -0.4 is 0 Å². The van der Waals surface area contributed by atoms with Crippen LogP contribution in [0.3, 0.4) is 0 Å². The number of rotatable bonds is 8. The number of alkyl halides is 1. The molecule has 0 spiro atoms. The van der Waals surface area contributed by atoms with E-state index in [0.717, 1.165) is 8.95 Å². The van der Waals surface area contributed by atoms with Gasteiger partial charge in [0, 0.05) is 7.05 Å². The van der Waals surface area contributed by atoms with Crippen LogP contribution in [0, 0.1) is 5.21 Å². The molecule has 0 saturated heterocycles. The Balaban J connectivity index is 2.58. The molecule has 0 heterocycles. The molecular weight excluding hydrogens is 384 g/mol. The van der Waals surface area contributed by atoms with E-state index < -0.39 is 21.3 Å². The van der Waals surface area contributed by atoms with Gasteiger partial charge < -0.3 is 10.3 Å². The molecule has 108 valence electrons. The molecule has 1 aromatic carbocycles. The lowest BCUT2D eigenvalue weighted by atomic mass is 10.1. The van der Waals surface area contributed by atoms with Crippen molar-refractivity contribution in [1.82, 2.24) is 8.39 Å². The van der Waals surface area contributed by atoms with Gasteiger partial charge in [0.15, 0.2) is 6.07 Å². The lowest BCUT2D eigenvalue weighted by molar-refractivity contribution is 0.0659. The predicted octanol–water partition coefficient (Wildman–Crippen LogP) is 2.43. The van der Waals surface area contributed by atoms with E-state index in [1.165, 1.54) is 5.01 Å². The largest absolute Gasteiger partial charge is 0.762 e. The molecule has 1 N–H and O–H groups in total. The molecule has 1 atom stereocenters. The molecule has 0 aliphatic carbocycles. The first-order valence-electron chi connectivity index (χ1n) is 5.56. The van der Waals surface area contributed by atoms with Gasteiger partial charge in [-0.3, -0.25) is 0 Å². The number of hydrazine groups is 1. The Bertz CT molecular complexity index is 383. The van der Waals surface area contributed by atoms with Crippen LogP contribution in [0.5, 0.6) is 0 Å². The number of hydrogen-bond acceptors (Lipinski definition) is 5. The normalized spacial score (nSPS) is 14.0. The van der Waals surface area contributed by atoms with Gasteiger partial charge in [0.25, 0.3) is 0 Å². The average Bonchev–Trinajstić information content (AvgIpc) is 2.45. The molecule has 0 amide bonds. The van der Waals surface area contributed by atoms with Gasteiger partial charge in [0.1, 0.15) is 21.3 Å². The molecule has 0 bridgehead atoms. The highest BCUT2D eigenvalue weighted by Crippen LogP contribution is 2.16. The molecule has 0 fully saturated rings. The zero-order chi connectivity index (χ0) is 14.1. The summed E-state index contributed by atoms with van der Waals surface area (Å²) in [7, 11) is 1.63. The molecule has 0 aliphatic heterocycles. The molecule has 0 unspecified atom stereocenters. The molecule has 6 nitrogen and oxygen atoms in total. The van der Waals surface area contributed by atoms with Gasteiger partial charge in [-0.1, -0.05) is 45.2 Å². The van der Waals surface area contributed by atoms with Gasteiger partial charge in [0.05, 0.1) is 12.6 Å². The Morgan fingerprint density at radius 3 is 2.74 bits per heavy atom. The first-order valence-corrected chi connectivity index (χ1v) is 8.03. The van der Waals surface area contributed by atoms with E-state index in [2.05, 4.69) is 8.15 Å². The summed E-state index contributed by atoms with van der Waals surface area (Å²) in [6.07, 6.45) is 0.590. The van der Waals surface area contributed by atoms with Crippen LogP contribution in [0.1, 0.15) is 5.56 Å². The highest BCUT2D eigenvalue weighted by molar-refractivity contribution is 14.1. The third-order valence-electron chi connectivity index (χ3n) is 2.49. The van der Waals surface area contributed by atoms with E-state index in [4.69, 9.17) is 11.6 Å². The van der Waals surface area contributed by atoms with E-state index in [1.54, 1.807) is 7.05 Å². The van der Waals surface area contributed by atoms with Crippen LogP contribution in [0.2, 0.25) is 0 Å². The fourth-order valence-electron chi connectivity index (χ4n) is 1.45. The Morgan fingerprint density at radius 2 is 2.16 bits per heavy atom. The fourth-order valence-corrected chi connectivity index (χ4v) is 2.73. The summed E-state index contributed by atoms with van der Waals surface area (Å²) >= 11 is 4.10. The molecule has 19 heavy (non-hydrogen) atoms. The molecule has 1 aromatic rings. The number of benzene rings is 1. The zero-order valence-electron chi connectivity index (χ0n) is 10.4. The van der Waals surface area contributed by atoms with Crippen LogP contribution in [-0.4, -0.2) is 39.3 Å². The Hall–Kier alpha value is -0.160. The van der Waals surface area contributed by atoms with E-state index in [0.29, 0.717) is 6.42 Å². The van der Waals surface area contributed by atoms with Gasteiger partial charge >= 0.3 is 0 Å². The van der Waals surface area contributed by atoms with Crippen molar-refractivity contribution in [3.63, 3.8) is 0 Å². The van der Waals surface area contributed by atoms with Gasteiger partial charge in [-0.05, 0) is 12.0 Å². The van der Waals surface area contributed by atoms with E-state index in [-0.39, 0.29) is 18.7 Å². The van der Waals surface area contributed by atoms with Crippen molar-refractivity contribution in [2.24, 2.45) is 3.31 Å². The highest BCUT2D eigenvalue weighted by Gasteiger charge is 2.15. The molecule has 0 saturated carbocycles. The maximum absolute atomic E-state index is 11.8. The standard InChI is InChI=1S/C11H16ClIN3O3/c1-15(16(18)13-14-19-9-12)11(8-17)7-10-5-3-2-4-6-10/h2-6,11,17H,7-9H2,1H3/q-1/t11-/m0/s1. The lowest BCUT2D eigenvalue weighted by Gasteiger charge is -2.37. The van der Waals surface area contributed by atoms with Crippen LogP contribution in [0.25, 0.3) is 0 Å². The van der Waals surface area contributed by atoms with Gasteiger partial charge in [0.2, 0.25) is 0 Å². The minimum Gasteiger partial charge on any atom is -0.762 e. The quantitative estimate of drug-likeness (QED) is 0.314. The maximum atomic E-state index is 11.8. The predicted molar refractivity (Wildman–Crippen MR) is 82.2 cm³/mol.